The summed E-state index contributed by atoms with van der Waals surface area (Å²) in [6.45, 7) is 1.19. The molecule has 0 unspecified atom stereocenters. The zero-order chi connectivity index (χ0) is 19.7. The maximum absolute atomic E-state index is 12.2. The molecule has 1 saturated heterocycles. The highest BCUT2D eigenvalue weighted by molar-refractivity contribution is 8.26. The number of benzene rings is 1. The van der Waals surface area contributed by atoms with Gasteiger partial charge in [-0.25, -0.2) is 0 Å². The van der Waals surface area contributed by atoms with E-state index in [0.717, 1.165) is 22.2 Å². The average Bonchev–Trinajstić information content (AvgIpc) is 3.15. The highest BCUT2D eigenvalue weighted by atomic mass is 32.2. The van der Waals surface area contributed by atoms with E-state index in [9.17, 15) is 24.8 Å². The number of thiocarbonyl (C=S) groups is 1. The highest BCUT2D eigenvalue weighted by Gasteiger charge is 2.32. The number of furan rings is 1. The number of aryl methyl sites for hydroxylation is 1. The first-order valence-electron chi connectivity index (χ1n) is 7.56. The van der Waals surface area contributed by atoms with Crippen LogP contribution in [0.15, 0.2) is 39.7 Å². The van der Waals surface area contributed by atoms with Crippen LogP contribution in [0.1, 0.15) is 11.3 Å². The number of carbonyl (C=O) groups is 2. The number of carboxylic acids is 1. The zero-order valence-electron chi connectivity index (χ0n) is 13.8. The fourth-order valence-electron chi connectivity index (χ4n) is 2.46. The van der Waals surface area contributed by atoms with E-state index in [-0.39, 0.29) is 14.9 Å². The average molecular weight is 403 g/mol. The Hall–Kier alpha value is -2.98. The number of nitrogens with zero attached hydrogens (tertiary/aromatic N) is 2. The zero-order valence-corrected chi connectivity index (χ0v) is 15.5. The topological polar surface area (TPSA) is 117 Å². The SMILES string of the molecule is Cc1ccc([N+](=O)[O-])cc1-c1ccc(/C=C2/SC(=S)N(CC(=O)[O-])C2=O)o1. The number of amides is 1. The van der Waals surface area contributed by atoms with Crippen molar-refractivity contribution in [3.8, 4) is 11.3 Å². The third-order valence-electron chi connectivity index (χ3n) is 3.76. The second kappa shape index (κ2) is 7.33. The van der Waals surface area contributed by atoms with Gasteiger partial charge in [-0.05, 0) is 24.6 Å². The van der Waals surface area contributed by atoms with Crippen molar-refractivity contribution in [1.82, 2.24) is 4.90 Å². The lowest BCUT2D eigenvalue weighted by Gasteiger charge is -2.14. The molecule has 1 aliphatic rings. The number of non-ortho nitro benzene ring substituents is 1. The van der Waals surface area contributed by atoms with Gasteiger partial charge >= 0.3 is 0 Å². The first-order valence-corrected chi connectivity index (χ1v) is 8.79. The lowest BCUT2D eigenvalue weighted by atomic mass is 10.1. The van der Waals surface area contributed by atoms with Crippen LogP contribution in [0.25, 0.3) is 17.4 Å². The minimum Gasteiger partial charge on any atom is -0.548 e. The Kier molecular flexibility index (Phi) is 5.10. The summed E-state index contributed by atoms with van der Waals surface area (Å²) < 4.78 is 5.81. The van der Waals surface area contributed by atoms with Gasteiger partial charge < -0.3 is 14.3 Å². The molecule has 0 radical (unpaired) electrons. The molecule has 138 valence electrons. The monoisotopic (exact) mass is 403 g/mol. The van der Waals surface area contributed by atoms with Crippen LogP contribution in [0.2, 0.25) is 0 Å². The number of nitro groups is 1. The van der Waals surface area contributed by atoms with E-state index >= 15 is 0 Å². The van der Waals surface area contributed by atoms with Crippen molar-refractivity contribution in [2.75, 3.05) is 6.54 Å². The second-order valence-electron chi connectivity index (χ2n) is 5.60. The highest BCUT2D eigenvalue weighted by Crippen LogP contribution is 2.34. The van der Waals surface area contributed by atoms with Gasteiger partial charge in [0.05, 0.1) is 22.3 Å². The normalized spacial score (nSPS) is 15.6. The Labute approximate surface area is 162 Å². The van der Waals surface area contributed by atoms with Crippen LogP contribution < -0.4 is 5.11 Å². The van der Waals surface area contributed by atoms with Gasteiger partial charge in [-0.15, -0.1) is 0 Å². The van der Waals surface area contributed by atoms with E-state index in [1.54, 1.807) is 25.1 Å². The summed E-state index contributed by atoms with van der Waals surface area (Å²) in [7, 11) is 0. The standard InChI is InChI=1S/C17H12N2O6S2/c1-9-2-3-10(19(23)24)6-12(9)13-5-4-11(25-13)7-14-16(22)18(8-15(20)21)17(26)27-14/h2-7H,8H2,1H3,(H,20,21)/p-1/b14-7+. The van der Waals surface area contributed by atoms with Crippen molar-refractivity contribution >= 4 is 51.9 Å². The van der Waals surface area contributed by atoms with Crippen LogP contribution in [0.3, 0.4) is 0 Å². The maximum atomic E-state index is 12.2. The fraction of sp³-hybridized carbons (Fsp3) is 0.118. The van der Waals surface area contributed by atoms with Crippen molar-refractivity contribution in [3.63, 3.8) is 0 Å². The summed E-state index contributed by atoms with van der Waals surface area (Å²) in [6, 6.07) is 7.70. The molecular formula is C17H11N2O6S2-. The molecule has 1 amide bonds. The van der Waals surface area contributed by atoms with Crippen LogP contribution in [0, 0.1) is 17.0 Å². The Balaban J connectivity index is 1.89. The van der Waals surface area contributed by atoms with Gasteiger partial charge in [0.2, 0.25) is 0 Å². The van der Waals surface area contributed by atoms with Gasteiger partial charge in [0.15, 0.2) is 0 Å². The molecular weight excluding hydrogens is 392 g/mol. The van der Waals surface area contributed by atoms with Crippen LogP contribution >= 0.6 is 24.0 Å². The molecule has 1 aromatic heterocycles. The quantitative estimate of drug-likeness (QED) is 0.322. The van der Waals surface area contributed by atoms with E-state index in [0.29, 0.717) is 17.1 Å². The smallest absolute Gasteiger partial charge is 0.270 e. The molecule has 1 fully saturated rings. The van der Waals surface area contributed by atoms with E-state index in [4.69, 9.17) is 16.6 Å². The van der Waals surface area contributed by atoms with Crippen molar-refractivity contribution < 1.29 is 24.0 Å². The summed E-state index contributed by atoms with van der Waals surface area (Å²) in [5.41, 5.74) is 1.30. The van der Waals surface area contributed by atoms with Crippen LogP contribution in [0.4, 0.5) is 5.69 Å². The molecule has 2 heterocycles. The first-order chi connectivity index (χ1) is 12.8. The molecule has 3 rings (SSSR count). The predicted octanol–water partition coefficient (Wildman–Crippen LogP) is 2.11. The summed E-state index contributed by atoms with van der Waals surface area (Å²) in [6.07, 6.45) is 1.45. The third-order valence-corrected chi connectivity index (χ3v) is 5.14. The summed E-state index contributed by atoms with van der Waals surface area (Å²) in [5, 5.41) is 21.7. The maximum Gasteiger partial charge on any atom is 0.270 e. The molecule has 0 saturated carbocycles. The number of thioether (sulfide) groups is 1. The van der Waals surface area contributed by atoms with E-state index < -0.39 is 23.3 Å². The van der Waals surface area contributed by atoms with E-state index in [1.807, 2.05) is 0 Å². The van der Waals surface area contributed by atoms with Crippen molar-refractivity contribution in [1.29, 1.82) is 0 Å². The molecule has 2 aromatic rings. The molecule has 0 spiro atoms. The predicted molar refractivity (Wildman–Crippen MR) is 100 cm³/mol. The van der Waals surface area contributed by atoms with Gasteiger partial charge in [0.1, 0.15) is 15.8 Å². The van der Waals surface area contributed by atoms with E-state index in [1.165, 1.54) is 18.2 Å². The molecule has 0 atom stereocenters. The number of carbonyl (C=O) groups excluding carboxylic acids is 2. The Bertz CT molecular complexity index is 1010. The summed E-state index contributed by atoms with van der Waals surface area (Å²) in [5.74, 6) is -1.20. The lowest BCUT2D eigenvalue weighted by Crippen LogP contribution is -2.40. The van der Waals surface area contributed by atoms with Crippen LogP contribution in [0.5, 0.6) is 0 Å². The van der Waals surface area contributed by atoms with Gasteiger partial charge in [0.25, 0.3) is 11.6 Å². The molecule has 27 heavy (non-hydrogen) atoms. The second-order valence-corrected chi connectivity index (χ2v) is 7.27. The summed E-state index contributed by atoms with van der Waals surface area (Å²) in [4.78, 5) is 34.6. The van der Waals surface area contributed by atoms with Crippen molar-refractivity contribution in [2.45, 2.75) is 6.92 Å². The molecule has 0 aliphatic carbocycles. The number of hydrogen-bond donors (Lipinski definition) is 0. The Morgan fingerprint density at radius 3 is 2.78 bits per heavy atom. The molecule has 0 bridgehead atoms. The Morgan fingerprint density at radius 2 is 2.11 bits per heavy atom. The molecule has 10 heteroatoms. The number of carboxylic acid groups (broad SMARTS) is 1. The fourth-order valence-corrected chi connectivity index (χ4v) is 3.69. The third kappa shape index (κ3) is 3.91. The van der Waals surface area contributed by atoms with Crippen LogP contribution in [-0.4, -0.2) is 32.6 Å². The van der Waals surface area contributed by atoms with Gasteiger partial charge in [0, 0.05) is 23.8 Å². The van der Waals surface area contributed by atoms with Gasteiger partial charge in [-0.1, -0.05) is 30.0 Å². The molecule has 1 aliphatic heterocycles. The molecule has 0 N–H and O–H groups in total. The van der Waals surface area contributed by atoms with Crippen molar-refractivity contribution in [2.24, 2.45) is 0 Å². The first kappa shape index (κ1) is 18.8. The molecule has 8 nitrogen and oxygen atoms in total. The minimum atomic E-state index is -1.41. The number of aliphatic carboxylic acids is 1. The van der Waals surface area contributed by atoms with E-state index in [2.05, 4.69) is 0 Å². The van der Waals surface area contributed by atoms with Gasteiger partial charge in [-0.2, -0.15) is 0 Å². The van der Waals surface area contributed by atoms with Crippen molar-refractivity contribution in [3.05, 3.63) is 56.7 Å². The number of rotatable bonds is 5. The van der Waals surface area contributed by atoms with Crippen LogP contribution in [-0.2, 0) is 9.59 Å². The Morgan fingerprint density at radius 1 is 1.37 bits per heavy atom. The number of hydrogen-bond acceptors (Lipinski definition) is 8. The lowest BCUT2D eigenvalue weighted by molar-refractivity contribution is -0.384. The van der Waals surface area contributed by atoms with Gasteiger partial charge in [-0.3, -0.25) is 19.8 Å². The minimum absolute atomic E-state index is 0.0586. The number of nitro benzene ring substituents is 1. The summed E-state index contributed by atoms with van der Waals surface area (Å²) >= 11 is 5.97. The largest absolute Gasteiger partial charge is 0.548 e. The molecule has 1 aromatic carbocycles.